The SMILES string of the molecule is CCNCc1cncc(-c2cc3c(-c4nc5c(-c6ccc(C)s6)cccc5[nH]4)n[nH]c3cn2)c1. The Morgan fingerprint density at radius 1 is 1.03 bits per heavy atom. The molecule has 3 N–H and O–H groups in total. The van der Waals surface area contributed by atoms with Gasteiger partial charge in [-0.1, -0.05) is 19.1 Å². The predicted octanol–water partition coefficient (Wildman–Crippen LogP) is 5.71. The van der Waals surface area contributed by atoms with Gasteiger partial charge >= 0.3 is 0 Å². The Bertz CT molecular complexity index is 1630. The Balaban J connectivity index is 1.44. The van der Waals surface area contributed by atoms with E-state index in [-0.39, 0.29) is 0 Å². The summed E-state index contributed by atoms with van der Waals surface area (Å²) in [5, 5.41) is 12.0. The van der Waals surface area contributed by atoms with Gasteiger partial charge in [0.15, 0.2) is 5.82 Å². The highest BCUT2D eigenvalue weighted by atomic mass is 32.1. The molecule has 8 heteroatoms. The van der Waals surface area contributed by atoms with Crippen LogP contribution in [0, 0.1) is 6.92 Å². The van der Waals surface area contributed by atoms with E-state index in [1.165, 1.54) is 9.75 Å². The smallest absolute Gasteiger partial charge is 0.159 e. The first-order chi connectivity index (χ1) is 16.7. The highest BCUT2D eigenvalue weighted by molar-refractivity contribution is 7.15. The van der Waals surface area contributed by atoms with Crippen LogP contribution in [0.3, 0.4) is 0 Å². The third-order valence-electron chi connectivity index (χ3n) is 5.86. The Kier molecular flexibility index (Phi) is 5.16. The van der Waals surface area contributed by atoms with E-state index in [1.807, 2.05) is 18.6 Å². The van der Waals surface area contributed by atoms with Crippen LogP contribution in [0.15, 0.2) is 61.1 Å². The molecule has 0 radical (unpaired) electrons. The van der Waals surface area contributed by atoms with Crippen molar-refractivity contribution < 1.29 is 0 Å². The molecule has 0 bridgehead atoms. The third-order valence-corrected chi connectivity index (χ3v) is 6.89. The van der Waals surface area contributed by atoms with Crippen molar-refractivity contribution in [3.05, 3.63) is 71.5 Å². The number of fused-ring (bicyclic) bond motifs is 2. The minimum Gasteiger partial charge on any atom is -0.337 e. The largest absolute Gasteiger partial charge is 0.337 e. The van der Waals surface area contributed by atoms with Crippen LogP contribution in [0.1, 0.15) is 17.4 Å². The molecule has 0 atom stereocenters. The molecule has 5 heterocycles. The lowest BCUT2D eigenvalue weighted by molar-refractivity contribution is 0.724. The van der Waals surface area contributed by atoms with E-state index in [4.69, 9.17) is 4.98 Å². The van der Waals surface area contributed by atoms with Gasteiger partial charge in [0.05, 0.1) is 28.4 Å². The Morgan fingerprint density at radius 3 is 2.82 bits per heavy atom. The fraction of sp³-hybridized carbons (Fsp3) is 0.154. The van der Waals surface area contributed by atoms with E-state index >= 15 is 0 Å². The van der Waals surface area contributed by atoms with Crippen molar-refractivity contribution >= 4 is 33.3 Å². The number of H-pyrrole nitrogens is 2. The summed E-state index contributed by atoms with van der Waals surface area (Å²) in [4.78, 5) is 20.0. The second-order valence-corrected chi connectivity index (χ2v) is 9.53. The Morgan fingerprint density at radius 2 is 1.97 bits per heavy atom. The summed E-state index contributed by atoms with van der Waals surface area (Å²) in [6, 6.07) is 14.7. The lowest BCUT2D eigenvalue weighted by atomic mass is 10.1. The van der Waals surface area contributed by atoms with Gasteiger partial charge in [-0.15, -0.1) is 11.3 Å². The number of pyridine rings is 2. The van der Waals surface area contributed by atoms with Crippen LogP contribution in [0.25, 0.3) is 55.2 Å². The van der Waals surface area contributed by atoms with Crippen LogP contribution in [-0.4, -0.2) is 36.7 Å². The number of nitrogens with one attached hydrogen (secondary N) is 3. The molecule has 5 aromatic heterocycles. The van der Waals surface area contributed by atoms with Crippen LogP contribution < -0.4 is 5.32 Å². The highest BCUT2D eigenvalue weighted by Crippen LogP contribution is 2.35. The number of nitrogens with zero attached hydrogens (tertiary/aromatic N) is 4. The number of imidazole rings is 1. The number of aromatic amines is 2. The number of para-hydroxylation sites is 1. The molecule has 168 valence electrons. The lowest BCUT2D eigenvalue weighted by Gasteiger charge is -2.05. The molecule has 0 spiro atoms. The fourth-order valence-corrected chi connectivity index (χ4v) is 5.06. The molecule has 0 saturated heterocycles. The van der Waals surface area contributed by atoms with E-state index in [2.05, 4.69) is 86.8 Å². The average molecular weight is 466 g/mol. The van der Waals surface area contributed by atoms with Gasteiger partial charge in [-0.25, -0.2) is 4.98 Å². The zero-order valence-electron chi connectivity index (χ0n) is 18.9. The van der Waals surface area contributed by atoms with Gasteiger partial charge in [-0.3, -0.25) is 15.1 Å². The van der Waals surface area contributed by atoms with Gasteiger partial charge in [0.2, 0.25) is 0 Å². The molecule has 0 fully saturated rings. The molecule has 6 aromatic rings. The molecule has 0 amide bonds. The molecule has 0 aliphatic rings. The van der Waals surface area contributed by atoms with Gasteiger partial charge in [0.1, 0.15) is 5.69 Å². The van der Waals surface area contributed by atoms with E-state index in [1.54, 1.807) is 11.3 Å². The normalized spacial score (nSPS) is 11.6. The molecule has 0 unspecified atom stereocenters. The van der Waals surface area contributed by atoms with Crippen LogP contribution in [0.2, 0.25) is 0 Å². The number of hydrogen-bond acceptors (Lipinski definition) is 6. The maximum atomic E-state index is 4.97. The second-order valence-electron chi connectivity index (χ2n) is 8.25. The number of aryl methyl sites for hydroxylation is 1. The van der Waals surface area contributed by atoms with Crippen LogP contribution in [0.5, 0.6) is 0 Å². The van der Waals surface area contributed by atoms with Crippen molar-refractivity contribution in [2.45, 2.75) is 20.4 Å². The van der Waals surface area contributed by atoms with Crippen molar-refractivity contribution in [1.29, 1.82) is 0 Å². The highest BCUT2D eigenvalue weighted by Gasteiger charge is 2.16. The summed E-state index contributed by atoms with van der Waals surface area (Å²) in [5.74, 6) is 0.734. The van der Waals surface area contributed by atoms with Gasteiger partial charge in [-0.2, -0.15) is 5.10 Å². The van der Waals surface area contributed by atoms with Crippen molar-refractivity contribution in [3.63, 3.8) is 0 Å². The van der Waals surface area contributed by atoms with Crippen LogP contribution in [0.4, 0.5) is 0 Å². The average Bonchev–Trinajstić information content (AvgIpc) is 3.59. The number of thiophene rings is 1. The van der Waals surface area contributed by atoms with Crippen LogP contribution >= 0.6 is 11.3 Å². The van der Waals surface area contributed by atoms with Gasteiger partial charge in [-0.05, 0) is 49.4 Å². The minimum atomic E-state index is 0.734. The molecule has 7 nitrogen and oxygen atoms in total. The Hall–Kier alpha value is -3.88. The quantitative estimate of drug-likeness (QED) is 0.293. The zero-order valence-corrected chi connectivity index (χ0v) is 19.7. The first kappa shape index (κ1) is 20.7. The number of hydrogen-bond donors (Lipinski definition) is 3. The summed E-state index contributed by atoms with van der Waals surface area (Å²) in [6.07, 6.45) is 5.55. The van der Waals surface area contributed by atoms with E-state index in [0.717, 1.165) is 68.9 Å². The van der Waals surface area contributed by atoms with Gasteiger partial charge in [0, 0.05) is 45.2 Å². The zero-order chi connectivity index (χ0) is 23.1. The number of rotatable bonds is 6. The maximum Gasteiger partial charge on any atom is 0.159 e. The van der Waals surface area contributed by atoms with E-state index in [0.29, 0.717) is 0 Å². The molecule has 1 aromatic carbocycles. The van der Waals surface area contributed by atoms with Crippen LogP contribution in [-0.2, 0) is 6.54 Å². The summed E-state index contributed by atoms with van der Waals surface area (Å²) in [5.41, 5.74) is 7.67. The van der Waals surface area contributed by atoms with Gasteiger partial charge < -0.3 is 10.3 Å². The van der Waals surface area contributed by atoms with Crippen molar-refractivity contribution in [1.82, 2.24) is 35.5 Å². The van der Waals surface area contributed by atoms with Crippen molar-refractivity contribution in [2.24, 2.45) is 0 Å². The minimum absolute atomic E-state index is 0.734. The molecule has 6 rings (SSSR count). The molecule has 0 saturated carbocycles. The molecule has 0 aliphatic carbocycles. The van der Waals surface area contributed by atoms with E-state index < -0.39 is 0 Å². The summed E-state index contributed by atoms with van der Waals surface area (Å²) < 4.78 is 0. The first-order valence-electron chi connectivity index (χ1n) is 11.2. The molecule has 34 heavy (non-hydrogen) atoms. The molecule has 0 aliphatic heterocycles. The fourth-order valence-electron chi connectivity index (χ4n) is 4.17. The first-order valence-corrected chi connectivity index (χ1v) is 12.1. The summed E-state index contributed by atoms with van der Waals surface area (Å²) >= 11 is 1.78. The number of aromatic nitrogens is 6. The monoisotopic (exact) mass is 465 g/mol. The lowest BCUT2D eigenvalue weighted by Crippen LogP contribution is -2.11. The second kappa shape index (κ2) is 8.48. The number of benzene rings is 1. The Labute approximate surface area is 200 Å². The summed E-state index contributed by atoms with van der Waals surface area (Å²) in [7, 11) is 0. The van der Waals surface area contributed by atoms with Crippen molar-refractivity contribution in [2.75, 3.05) is 6.54 Å². The third kappa shape index (κ3) is 3.67. The topological polar surface area (TPSA) is 95.2 Å². The standard InChI is InChI=1S/C26H23N7S/c1-3-27-11-16-9-17(13-28-12-16)21-10-19-22(14-29-21)32-33-25(19)26-30-20-6-4-5-18(24(20)31-26)23-8-7-15(2)34-23/h4-10,12-14,27H,3,11H2,1-2H3,(H,30,31)(H,32,33). The predicted molar refractivity (Wildman–Crippen MR) is 138 cm³/mol. The van der Waals surface area contributed by atoms with Gasteiger partial charge in [0.25, 0.3) is 0 Å². The maximum absolute atomic E-state index is 4.97. The molecular weight excluding hydrogens is 442 g/mol. The summed E-state index contributed by atoms with van der Waals surface area (Å²) in [6.45, 7) is 5.91. The van der Waals surface area contributed by atoms with Crippen molar-refractivity contribution in [3.8, 4) is 33.2 Å². The molecular formula is C26H23N7S. The van der Waals surface area contributed by atoms with E-state index in [9.17, 15) is 0 Å².